The zero-order chi connectivity index (χ0) is 36.7. The molecule has 8 rings (SSSR count). The topological polar surface area (TPSA) is 150 Å². The zero-order valence-corrected chi connectivity index (χ0v) is 30.7. The number of carbonyl (C=O) groups excluding carboxylic acids is 4. The highest BCUT2D eigenvalue weighted by Gasteiger charge is 2.39. The van der Waals surface area contributed by atoms with Gasteiger partial charge in [0.15, 0.2) is 5.65 Å². The molecule has 1 saturated carbocycles. The van der Waals surface area contributed by atoms with Crippen LogP contribution in [0.25, 0.3) is 5.65 Å². The van der Waals surface area contributed by atoms with Crippen LogP contribution in [-0.4, -0.2) is 97.2 Å². The van der Waals surface area contributed by atoms with Crippen LogP contribution < -0.4 is 15.5 Å². The second-order valence-corrected chi connectivity index (χ2v) is 15.6. The Morgan fingerprint density at radius 1 is 1.02 bits per heavy atom. The molecule has 4 aliphatic rings. The van der Waals surface area contributed by atoms with Crippen molar-refractivity contribution in [2.24, 2.45) is 11.3 Å². The smallest absolute Gasteiger partial charge is 0.328 e. The van der Waals surface area contributed by atoms with Crippen molar-refractivity contribution in [2.75, 3.05) is 49.5 Å². The molecule has 0 unspecified atom stereocenters. The lowest BCUT2D eigenvalue weighted by Crippen LogP contribution is -2.50. The number of fused-ring (bicyclic) bond motifs is 1. The van der Waals surface area contributed by atoms with E-state index >= 15 is 0 Å². The minimum absolute atomic E-state index is 0.0495. The van der Waals surface area contributed by atoms with Crippen molar-refractivity contribution in [1.82, 2.24) is 39.5 Å². The molecule has 3 aliphatic heterocycles. The fourth-order valence-corrected chi connectivity index (χ4v) is 8.87. The van der Waals surface area contributed by atoms with E-state index in [0.717, 1.165) is 89.8 Å². The fourth-order valence-electron chi connectivity index (χ4n) is 8.65. The molecule has 3 aromatic heterocycles. The molecule has 4 fully saturated rings. The van der Waals surface area contributed by atoms with Crippen molar-refractivity contribution >= 4 is 52.4 Å². The van der Waals surface area contributed by atoms with Gasteiger partial charge in [0.25, 0.3) is 11.8 Å². The second-order valence-electron chi connectivity index (χ2n) is 15.2. The normalized spacial score (nSPS) is 22.3. The molecule has 15 heteroatoms. The van der Waals surface area contributed by atoms with E-state index in [0.29, 0.717) is 45.1 Å². The molecule has 1 aromatic carbocycles. The SMILES string of the molecule is Cc1nn(C2CCC(CN3CCC4(CC3)CCN(C(=O)c3ccc(Cl)c(N5CCC(=O)NC5=O)c3)CC4)CC2)cc1NC(=O)c1cnn2cccnc12. The molecular weight excluding hydrogens is 696 g/mol. The molecule has 0 radical (unpaired) electrons. The van der Waals surface area contributed by atoms with Crippen LogP contribution in [0.5, 0.6) is 0 Å². The van der Waals surface area contributed by atoms with E-state index in [-0.39, 0.29) is 36.1 Å². The van der Waals surface area contributed by atoms with E-state index in [1.165, 1.54) is 4.90 Å². The summed E-state index contributed by atoms with van der Waals surface area (Å²) in [6, 6.07) is 6.62. The van der Waals surface area contributed by atoms with Gasteiger partial charge in [0.1, 0.15) is 5.56 Å². The Hall–Kier alpha value is -4.82. The number of nitrogens with zero attached hydrogens (tertiary/aromatic N) is 8. The minimum atomic E-state index is -0.520. The number of carbonyl (C=O) groups is 4. The molecule has 14 nitrogen and oxygen atoms in total. The maximum Gasteiger partial charge on any atom is 0.328 e. The third kappa shape index (κ3) is 7.26. The molecule has 0 atom stereocenters. The lowest BCUT2D eigenvalue weighted by Gasteiger charge is -2.47. The summed E-state index contributed by atoms with van der Waals surface area (Å²) in [7, 11) is 0. The second kappa shape index (κ2) is 14.5. The van der Waals surface area contributed by atoms with Crippen molar-refractivity contribution in [2.45, 2.75) is 70.8 Å². The highest BCUT2D eigenvalue weighted by molar-refractivity contribution is 6.34. The summed E-state index contributed by atoms with van der Waals surface area (Å²) in [5.41, 5.74) is 3.69. The summed E-state index contributed by atoms with van der Waals surface area (Å²) in [4.78, 5) is 60.9. The molecule has 6 heterocycles. The summed E-state index contributed by atoms with van der Waals surface area (Å²) in [5, 5.41) is 14.7. The number of hydrogen-bond acceptors (Lipinski definition) is 8. The predicted molar refractivity (Wildman–Crippen MR) is 199 cm³/mol. The molecule has 0 bridgehead atoms. The van der Waals surface area contributed by atoms with Gasteiger partial charge in [-0.1, -0.05) is 11.6 Å². The van der Waals surface area contributed by atoms with E-state index in [9.17, 15) is 19.2 Å². The van der Waals surface area contributed by atoms with Crippen LogP contribution in [0, 0.1) is 18.3 Å². The van der Waals surface area contributed by atoms with Crippen molar-refractivity contribution in [1.29, 1.82) is 0 Å². The Balaban J connectivity index is 0.787. The third-order valence-corrected chi connectivity index (χ3v) is 12.3. The van der Waals surface area contributed by atoms with E-state index in [2.05, 4.69) is 25.6 Å². The minimum Gasteiger partial charge on any atom is -0.339 e. The first kappa shape index (κ1) is 35.2. The van der Waals surface area contributed by atoms with Crippen LogP contribution >= 0.6 is 11.6 Å². The lowest BCUT2D eigenvalue weighted by atomic mass is 9.71. The van der Waals surface area contributed by atoms with Crippen molar-refractivity contribution in [3.8, 4) is 0 Å². The van der Waals surface area contributed by atoms with E-state index < -0.39 is 6.03 Å². The largest absolute Gasteiger partial charge is 0.339 e. The number of anilines is 2. The molecular formula is C38H45ClN10O4. The summed E-state index contributed by atoms with van der Waals surface area (Å²) >= 11 is 6.42. The molecule has 1 spiro atoms. The van der Waals surface area contributed by atoms with Crippen LogP contribution in [0.15, 0.2) is 49.1 Å². The Bertz CT molecular complexity index is 2030. The molecule has 1 aliphatic carbocycles. The van der Waals surface area contributed by atoms with Crippen molar-refractivity contribution < 1.29 is 19.2 Å². The average Bonchev–Trinajstić information content (AvgIpc) is 3.77. The average molecular weight is 741 g/mol. The van der Waals surface area contributed by atoms with Gasteiger partial charge in [0.05, 0.1) is 34.3 Å². The Labute approximate surface area is 312 Å². The molecule has 3 saturated heterocycles. The maximum absolute atomic E-state index is 13.6. The van der Waals surface area contributed by atoms with E-state index in [1.54, 1.807) is 47.4 Å². The summed E-state index contributed by atoms with van der Waals surface area (Å²) in [6.45, 7) is 6.91. The number of urea groups is 1. The number of likely N-dealkylation sites (tertiary alicyclic amines) is 2. The van der Waals surface area contributed by atoms with E-state index in [1.807, 2.05) is 22.7 Å². The fraction of sp³-hybridized carbons (Fsp3) is 0.500. The van der Waals surface area contributed by atoms with Crippen LogP contribution in [0.3, 0.4) is 0 Å². The summed E-state index contributed by atoms with van der Waals surface area (Å²) in [5.74, 6) is 0.0583. The van der Waals surface area contributed by atoms with Gasteiger partial charge < -0.3 is 15.1 Å². The quantitative estimate of drug-likeness (QED) is 0.258. The summed E-state index contributed by atoms with van der Waals surface area (Å²) in [6.07, 6.45) is 15.9. The van der Waals surface area contributed by atoms with Crippen LogP contribution in [-0.2, 0) is 4.79 Å². The van der Waals surface area contributed by atoms with Gasteiger partial charge in [-0.2, -0.15) is 10.2 Å². The van der Waals surface area contributed by atoms with Crippen molar-refractivity contribution in [3.05, 3.63) is 70.9 Å². The number of hydrogen-bond donors (Lipinski definition) is 2. The Morgan fingerprint density at radius 2 is 1.77 bits per heavy atom. The number of aromatic nitrogens is 5. The number of benzene rings is 1. The zero-order valence-electron chi connectivity index (χ0n) is 30.0. The first-order valence-electron chi connectivity index (χ1n) is 18.7. The first-order valence-corrected chi connectivity index (χ1v) is 19.1. The van der Waals surface area contributed by atoms with Crippen molar-refractivity contribution in [3.63, 3.8) is 0 Å². The standard InChI is InChI=1S/C38H45ClN10O4/c1-25-31(42-35(51)29-22-41-48-15-2-14-40-34(29)48)24-49(44-25)28-6-3-26(4-7-28)23-45-17-10-38(11-18-45)12-19-46(20-13-38)36(52)27-5-8-30(39)32(21-27)47-16-9-33(50)43-37(47)53/h2,5,8,14-15,21-22,24,26,28H,3-4,6-7,9-13,16-20,23H2,1H3,(H,42,51)(H,43,50,53). The Kier molecular flexibility index (Phi) is 9.66. The Morgan fingerprint density at radius 3 is 2.53 bits per heavy atom. The van der Waals surface area contributed by atoms with Gasteiger partial charge in [-0.05, 0) is 107 Å². The lowest BCUT2D eigenvalue weighted by molar-refractivity contribution is -0.120. The number of amides is 5. The van der Waals surface area contributed by atoms with Gasteiger partial charge in [-0.3, -0.25) is 29.3 Å². The first-order chi connectivity index (χ1) is 25.6. The molecule has 4 aromatic rings. The van der Waals surface area contributed by atoms with Gasteiger partial charge in [0, 0.05) is 56.8 Å². The third-order valence-electron chi connectivity index (χ3n) is 12.0. The number of nitrogens with one attached hydrogen (secondary N) is 2. The molecule has 5 amide bonds. The van der Waals surface area contributed by atoms with E-state index in [4.69, 9.17) is 16.7 Å². The number of aryl methyl sites for hydroxylation is 1. The van der Waals surface area contributed by atoms with Gasteiger partial charge >= 0.3 is 6.03 Å². The summed E-state index contributed by atoms with van der Waals surface area (Å²) < 4.78 is 3.63. The predicted octanol–water partition coefficient (Wildman–Crippen LogP) is 5.34. The molecule has 278 valence electrons. The number of rotatable bonds is 7. The van der Waals surface area contributed by atoms with Gasteiger partial charge in [0.2, 0.25) is 5.91 Å². The van der Waals surface area contributed by atoms with Crippen LogP contribution in [0.2, 0.25) is 5.02 Å². The highest BCUT2D eigenvalue weighted by Crippen LogP contribution is 2.42. The highest BCUT2D eigenvalue weighted by atomic mass is 35.5. The van der Waals surface area contributed by atoms with Gasteiger partial charge in [-0.15, -0.1) is 0 Å². The monoisotopic (exact) mass is 740 g/mol. The van der Waals surface area contributed by atoms with Gasteiger partial charge in [-0.25, -0.2) is 14.3 Å². The van der Waals surface area contributed by atoms with Crippen LogP contribution in [0.4, 0.5) is 16.2 Å². The number of imide groups is 1. The molecule has 53 heavy (non-hydrogen) atoms. The maximum atomic E-state index is 13.6. The number of halogens is 1. The van der Waals surface area contributed by atoms with Crippen LogP contribution in [0.1, 0.15) is 90.2 Å². The molecule has 2 N–H and O–H groups in total. The number of piperidine rings is 2.